The summed E-state index contributed by atoms with van der Waals surface area (Å²) in [6.45, 7) is 5.34. The molecule has 4 atom stereocenters. The first-order chi connectivity index (χ1) is 20.8. The van der Waals surface area contributed by atoms with Crippen molar-refractivity contribution in [2.75, 3.05) is 33.2 Å². The molecule has 2 aromatic carbocycles. The number of ketones is 1. The third-order valence-electron chi connectivity index (χ3n) is 9.47. The fourth-order valence-corrected chi connectivity index (χ4v) is 8.31. The van der Waals surface area contributed by atoms with E-state index in [1.54, 1.807) is 25.1 Å². The summed E-state index contributed by atoms with van der Waals surface area (Å²) >= 11 is 0. The Balaban J connectivity index is 1.32. The van der Waals surface area contributed by atoms with E-state index >= 15 is 0 Å². The third kappa shape index (κ3) is 3.84. The summed E-state index contributed by atoms with van der Waals surface area (Å²) < 4.78 is 34.2. The molecule has 14 heteroatoms. The number of sulfonamides is 1. The number of fused-ring (bicyclic) bond motifs is 5. The van der Waals surface area contributed by atoms with Gasteiger partial charge in [-0.05, 0) is 55.5 Å². The standard InChI is InChI=1S/C30H31N5O8S/c1-16-13-20(16)18-7-8-21-23(15-18)43-30(38)25-19(5-4-6-22(25)35(39)40)27(36)29(21,30)32-28(37)26-17(2)14-24(31-26)44(41,42)34-11-9-33(3)10-12-34/h4-8,14-16,20,31,38H,9-13H2,1-3H3,(H,32,37)/t16-,20-,29?,30?/m0/s1. The molecular weight excluding hydrogens is 590 g/mol. The number of nitrogens with one attached hydrogen (secondary N) is 2. The number of nitro groups is 1. The average molecular weight is 622 g/mol. The molecule has 13 nitrogen and oxygen atoms in total. The number of amides is 1. The number of aromatic nitrogens is 1. The number of hydrogen-bond acceptors (Lipinski definition) is 9. The number of benzene rings is 2. The second kappa shape index (κ2) is 9.44. The monoisotopic (exact) mass is 621 g/mol. The summed E-state index contributed by atoms with van der Waals surface area (Å²) in [5, 5.41) is 26.8. The van der Waals surface area contributed by atoms with E-state index in [1.807, 2.05) is 11.9 Å². The molecule has 4 aliphatic rings. The molecule has 1 amide bonds. The van der Waals surface area contributed by atoms with Crippen LogP contribution in [0.3, 0.4) is 0 Å². The number of aliphatic hydroxyl groups is 1. The molecule has 1 aromatic heterocycles. The van der Waals surface area contributed by atoms with Crippen molar-refractivity contribution < 1.29 is 32.8 Å². The van der Waals surface area contributed by atoms with Crippen molar-refractivity contribution in [3.8, 4) is 5.75 Å². The molecule has 0 bridgehead atoms. The number of rotatable bonds is 6. The highest BCUT2D eigenvalue weighted by Crippen LogP contribution is 2.61. The molecule has 2 aliphatic carbocycles. The first-order valence-corrected chi connectivity index (χ1v) is 15.8. The van der Waals surface area contributed by atoms with Gasteiger partial charge in [-0.15, -0.1) is 0 Å². The van der Waals surface area contributed by atoms with Crippen LogP contribution in [0.4, 0.5) is 5.69 Å². The van der Waals surface area contributed by atoms with Crippen LogP contribution in [0.15, 0.2) is 47.5 Å². The number of aryl methyl sites for hydroxylation is 1. The second-order valence-electron chi connectivity index (χ2n) is 12.2. The van der Waals surface area contributed by atoms with Crippen LogP contribution in [0.5, 0.6) is 5.75 Å². The van der Waals surface area contributed by atoms with Gasteiger partial charge in [0.05, 0.1) is 4.92 Å². The van der Waals surface area contributed by atoms with Gasteiger partial charge >= 0.3 is 0 Å². The molecule has 0 radical (unpaired) electrons. The van der Waals surface area contributed by atoms with E-state index in [2.05, 4.69) is 17.2 Å². The molecular formula is C30H31N5O8S. The van der Waals surface area contributed by atoms with Gasteiger partial charge in [-0.2, -0.15) is 4.31 Å². The lowest BCUT2D eigenvalue weighted by atomic mass is 9.82. The van der Waals surface area contributed by atoms with Crippen LogP contribution < -0.4 is 10.1 Å². The molecule has 3 N–H and O–H groups in total. The van der Waals surface area contributed by atoms with E-state index < -0.39 is 43.7 Å². The number of nitrogens with zero attached hydrogens (tertiary/aromatic N) is 3. The first kappa shape index (κ1) is 28.6. The van der Waals surface area contributed by atoms with Crippen LogP contribution in [0, 0.1) is 23.0 Å². The zero-order valence-electron chi connectivity index (χ0n) is 24.3. The number of carbonyl (C=O) groups is 2. The van der Waals surface area contributed by atoms with Crippen molar-refractivity contribution in [2.45, 2.75) is 42.5 Å². The van der Waals surface area contributed by atoms with E-state index in [4.69, 9.17) is 4.74 Å². The molecule has 2 aliphatic heterocycles. The van der Waals surface area contributed by atoms with Gasteiger partial charge in [0.15, 0.2) is 0 Å². The Bertz CT molecular complexity index is 1880. The average Bonchev–Trinajstić information content (AvgIpc) is 3.42. The first-order valence-electron chi connectivity index (χ1n) is 14.4. The van der Waals surface area contributed by atoms with Gasteiger partial charge in [-0.25, -0.2) is 8.42 Å². The largest absolute Gasteiger partial charge is 0.454 e. The summed E-state index contributed by atoms with van der Waals surface area (Å²) in [5.41, 5.74) is -2.09. The summed E-state index contributed by atoms with van der Waals surface area (Å²) in [6.07, 6.45) is 0.962. The highest BCUT2D eigenvalue weighted by atomic mass is 32.2. The number of Topliss-reactive ketones (excluding diaryl/α,β-unsaturated/α-hetero) is 1. The SMILES string of the molecule is Cc1cc(S(=O)(=O)N2CCN(C)CC2)[nH]c1C(=O)NC12C(=O)c3cccc([N+](=O)[O-])c3C1(O)Oc1cc([C@H]3C[C@@H]3C)ccc12. The fourth-order valence-electron chi connectivity index (χ4n) is 6.83. The summed E-state index contributed by atoms with van der Waals surface area (Å²) in [4.78, 5) is 44.4. The number of piperazine rings is 1. The Kier molecular flexibility index (Phi) is 6.15. The molecule has 1 saturated heterocycles. The molecule has 1 saturated carbocycles. The van der Waals surface area contributed by atoms with Crippen LogP contribution >= 0.6 is 0 Å². The van der Waals surface area contributed by atoms with E-state index in [9.17, 15) is 33.2 Å². The minimum atomic E-state index is -3.95. The van der Waals surface area contributed by atoms with E-state index in [0.29, 0.717) is 24.6 Å². The zero-order valence-corrected chi connectivity index (χ0v) is 25.1. The number of H-pyrrole nitrogens is 1. The number of likely N-dealkylation sites (N-methyl/N-ethyl adjacent to an activating group) is 1. The summed E-state index contributed by atoms with van der Waals surface area (Å²) in [7, 11) is -2.05. The van der Waals surface area contributed by atoms with Crippen LogP contribution in [-0.2, 0) is 21.3 Å². The molecule has 44 heavy (non-hydrogen) atoms. The lowest BCUT2D eigenvalue weighted by Gasteiger charge is -2.34. The predicted molar refractivity (Wildman–Crippen MR) is 156 cm³/mol. The summed E-state index contributed by atoms with van der Waals surface area (Å²) in [5.74, 6) is -3.48. The second-order valence-corrected chi connectivity index (χ2v) is 14.1. The molecule has 7 rings (SSSR count). The van der Waals surface area contributed by atoms with Gasteiger partial charge in [-0.1, -0.05) is 31.2 Å². The fraction of sp³-hybridized carbons (Fsp3) is 0.400. The topological polar surface area (TPSA) is 175 Å². The van der Waals surface area contributed by atoms with E-state index in [-0.39, 0.29) is 52.2 Å². The van der Waals surface area contributed by atoms with Crippen LogP contribution in [-0.4, -0.2) is 77.6 Å². The number of hydrogen-bond donors (Lipinski definition) is 3. The molecule has 0 spiro atoms. The highest BCUT2D eigenvalue weighted by Gasteiger charge is 2.73. The zero-order chi connectivity index (χ0) is 31.3. The number of nitro benzene ring substituents is 1. The molecule has 2 unspecified atom stereocenters. The Labute approximate surface area is 253 Å². The normalized spacial score (nSPS) is 27.8. The van der Waals surface area contributed by atoms with Crippen molar-refractivity contribution in [1.29, 1.82) is 0 Å². The van der Waals surface area contributed by atoms with Crippen molar-refractivity contribution in [2.24, 2.45) is 5.92 Å². The van der Waals surface area contributed by atoms with Gasteiger partial charge in [0.2, 0.25) is 11.3 Å². The van der Waals surface area contributed by atoms with Gasteiger partial charge < -0.3 is 25.0 Å². The minimum absolute atomic E-state index is 0.128. The van der Waals surface area contributed by atoms with Crippen LogP contribution in [0.1, 0.15) is 62.4 Å². The van der Waals surface area contributed by atoms with Crippen molar-refractivity contribution in [1.82, 2.24) is 19.5 Å². The third-order valence-corrected chi connectivity index (χ3v) is 11.3. The summed E-state index contributed by atoms with van der Waals surface area (Å²) in [6, 6.07) is 10.3. The number of aromatic amines is 1. The Hall–Kier alpha value is -4.11. The molecule has 2 fully saturated rings. The Morgan fingerprint density at radius 3 is 2.55 bits per heavy atom. The smallest absolute Gasteiger partial charge is 0.280 e. The predicted octanol–water partition coefficient (Wildman–Crippen LogP) is 2.35. The van der Waals surface area contributed by atoms with Crippen LogP contribution in [0.25, 0.3) is 0 Å². The number of ether oxygens (including phenoxy) is 1. The minimum Gasteiger partial charge on any atom is -0.454 e. The maximum atomic E-state index is 14.3. The van der Waals surface area contributed by atoms with E-state index in [1.165, 1.54) is 22.5 Å². The molecule has 230 valence electrons. The Morgan fingerprint density at radius 2 is 1.89 bits per heavy atom. The number of carbonyl (C=O) groups excluding carboxylic acids is 2. The lowest BCUT2D eigenvalue weighted by Crippen LogP contribution is -2.60. The molecule has 3 heterocycles. The quantitative estimate of drug-likeness (QED) is 0.276. The van der Waals surface area contributed by atoms with Crippen LogP contribution in [0.2, 0.25) is 0 Å². The van der Waals surface area contributed by atoms with Crippen molar-refractivity contribution in [3.05, 3.63) is 86.1 Å². The van der Waals surface area contributed by atoms with Gasteiger partial charge in [-0.3, -0.25) is 19.7 Å². The molecule has 3 aromatic rings. The lowest BCUT2D eigenvalue weighted by molar-refractivity contribution is -0.388. The van der Waals surface area contributed by atoms with E-state index in [0.717, 1.165) is 18.1 Å². The Morgan fingerprint density at radius 1 is 1.18 bits per heavy atom. The van der Waals surface area contributed by atoms with Gasteiger partial charge in [0.25, 0.3) is 27.4 Å². The maximum Gasteiger partial charge on any atom is 0.280 e. The highest BCUT2D eigenvalue weighted by molar-refractivity contribution is 7.89. The van der Waals surface area contributed by atoms with Crippen molar-refractivity contribution in [3.63, 3.8) is 0 Å². The maximum absolute atomic E-state index is 14.3. The van der Waals surface area contributed by atoms with Gasteiger partial charge in [0.1, 0.15) is 22.0 Å². The van der Waals surface area contributed by atoms with Gasteiger partial charge in [0, 0.05) is 43.4 Å². The van der Waals surface area contributed by atoms with Crippen molar-refractivity contribution >= 4 is 27.4 Å².